The van der Waals surface area contributed by atoms with E-state index in [0.717, 1.165) is 11.1 Å². The maximum Gasteiger partial charge on any atom is 0.338 e. The van der Waals surface area contributed by atoms with Crippen LogP contribution in [0.2, 0.25) is 0 Å². The van der Waals surface area contributed by atoms with E-state index in [1.54, 1.807) is 19.1 Å². The molecule has 0 atom stereocenters. The third kappa shape index (κ3) is 2.61. The second kappa shape index (κ2) is 5.66. The lowest BCUT2D eigenvalue weighted by Crippen LogP contribution is -2.06. The maximum absolute atomic E-state index is 11.5. The zero-order valence-corrected chi connectivity index (χ0v) is 10.8. The summed E-state index contributed by atoms with van der Waals surface area (Å²) in [4.78, 5) is 11.5. The highest BCUT2D eigenvalue weighted by Gasteiger charge is 2.12. The van der Waals surface area contributed by atoms with E-state index in [9.17, 15) is 4.79 Å². The first kappa shape index (κ1) is 12.7. The van der Waals surface area contributed by atoms with Gasteiger partial charge in [0, 0.05) is 5.33 Å². The quantitative estimate of drug-likeness (QED) is 0.632. The number of rotatable bonds is 3. The molecule has 0 amide bonds. The van der Waals surface area contributed by atoms with E-state index in [-0.39, 0.29) is 5.97 Å². The Kier molecular flexibility index (Phi) is 4.51. The van der Waals surface area contributed by atoms with E-state index >= 15 is 0 Å². The number of nitriles is 1. The van der Waals surface area contributed by atoms with Crippen LogP contribution in [0.25, 0.3) is 0 Å². The molecule has 16 heavy (non-hydrogen) atoms. The lowest BCUT2D eigenvalue weighted by Gasteiger charge is -2.08. The van der Waals surface area contributed by atoms with Gasteiger partial charge in [-0.15, -0.1) is 0 Å². The number of carbonyl (C=O) groups is 1. The fourth-order valence-electron chi connectivity index (χ4n) is 1.36. The van der Waals surface area contributed by atoms with Crippen LogP contribution in [-0.4, -0.2) is 12.6 Å². The van der Waals surface area contributed by atoms with Crippen molar-refractivity contribution in [3.63, 3.8) is 0 Å². The van der Waals surface area contributed by atoms with Crippen molar-refractivity contribution in [2.75, 3.05) is 6.61 Å². The molecule has 0 radical (unpaired) electrons. The first-order valence-corrected chi connectivity index (χ1v) is 6.02. The van der Waals surface area contributed by atoms with Gasteiger partial charge in [-0.1, -0.05) is 15.9 Å². The number of halogens is 1. The number of ether oxygens (including phenoxy) is 1. The molecule has 1 aromatic rings. The van der Waals surface area contributed by atoms with E-state index in [4.69, 9.17) is 10.00 Å². The minimum absolute atomic E-state index is 0.332. The summed E-state index contributed by atoms with van der Waals surface area (Å²) in [6.07, 6.45) is 0. The summed E-state index contributed by atoms with van der Waals surface area (Å²) in [7, 11) is 0. The van der Waals surface area contributed by atoms with Crippen LogP contribution < -0.4 is 0 Å². The number of hydrogen-bond donors (Lipinski definition) is 0. The number of alkyl halides is 1. The molecule has 0 aromatic heterocycles. The highest BCUT2D eigenvalue weighted by molar-refractivity contribution is 9.08. The molecule has 0 spiro atoms. The highest BCUT2D eigenvalue weighted by atomic mass is 79.9. The van der Waals surface area contributed by atoms with Crippen LogP contribution in [0.4, 0.5) is 0 Å². The van der Waals surface area contributed by atoms with Gasteiger partial charge in [-0.2, -0.15) is 5.26 Å². The molecule has 0 aliphatic rings. The molecule has 0 aliphatic carbocycles. The summed E-state index contributed by atoms with van der Waals surface area (Å²) in [5.41, 5.74) is 2.77. The molecule has 3 nitrogen and oxygen atoms in total. The Bertz CT molecular complexity index is 449. The molecule has 1 rings (SSSR count). The van der Waals surface area contributed by atoms with Crippen molar-refractivity contribution in [1.82, 2.24) is 0 Å². The molecule has 0 aliphatic heterocycles. The predicted octanol–water partition coefficient (Wildman–Crippen LogP) is 2.94. The van der Waals surface area contributed by atoms with Gasteiger partial charge in [-0.3, -0.25) is 0 Å². The van der Waals surface area contributed by atoms with Gasteiger partial charge >= 0.3 is 5.97 Å². The summed E-state index contributed by atoms with van der Waals surface area (Å²) in [6.45, 7) is 3.95. The van der Waals surface area contributed by atoms with Gasteiger partial charge in [-0.25, -0.2) is 4.79 Å². The molecule has 0 N–H and O–H groups in total. The van der Waals surface area contributed by atoms with Gasteiger partial charge in [0.05, 0.1) is 23.8 Å². The van der Waals surface area contributed by atoms with E-state index in [1.165, 1.54) is 0 Å². The maximum atomic E-state index is 11.5. The van der Waals surface area contributed by atoms with Gasteiger partial charge < -0.3 is 4.74 Å². The molecule has 0 saturated heterocycles. The van der Waals surface area contributed by atoms with Crippen LogP contribution in [0.5, 0.6) is 0 Å². The molecule has 0 bridgehead atoms. The smallest absolute Gasteiger partial charge is 0.338 e. The van der Waals surface area contributed by atoms with Crippen molar-refractivity contribution in [2.24, 2.45) is 0 Å². The van der Waals surface area contributed by atoms with Crippen LogP contribution in [0.15, 0.2) is 12.1 Å². The molecule has 84 valence electrons. The number of benzene rings is 1. The van der Waals surface area contributed by atoms with Crippen LogP contribution >= 0.6 is 15.9 Å². The van der Waals surface area contributed by atoms with Gasteiger partial charge in [0.15, 0.2) is 0 Å². The zero-order valence-electron chi connectivity index (χ0n) is 9.21. The van der Waals surface area contributed by atoms with Crippen LogP contribution in [0, 0.1) is 18.3 Å². The molecular formula is C12H12BrNO2. The minimum Gasteiger partial charge on any atom is -0.462 e. The number of hydrogen-bond acceptors (Lipinski definition) is 3. The highest BCUT2D eigenvalue weighted by Crippen LogP contribution is 2.19. The van der Waals surface area contributed by atoms with Crippen molar-refractivity contribution in [1.29, 1.82) is 5.26 Å². The first-order valence-electron chi connectivity index (χ1n) is 4.90. The number of nitrogens with zero attached hydrogens (tertiary/aromatic N) is 1. The Morgan fingerprint density at radius 2 is 2.25 bits per heavy atom. The Balaban J connectivity index is 3.23. The van der Waals surface area contributed by atoms with Crippen molar-refractivity contribution in [2.45, 2.75) is 19.2 Å². The van der Waals surface area contributed by atoms with Gasteiger partial charge in [0.25, 0.3) is 0 Å². The van der Waals surface area contributed by atoms with E-state index < -0.39 is 0 Å². The average Bonchev–Trinajstić information content (AvgIpc) is 2.29. The molecule has 1 aromatic carbocycles. The number of carbonyl (C=O) groups excluding carboxylic acids is 1. The molecule has 4 heteroatoms. The lowest BCUT2D eigenvalue weighted by atomic mass is 10.0. The summed E-state index contributed by atoms with van der Waals surface area (Å²) < 4.78 is 4.90. The average molecular weight is 282 g/mol. The van der Waals surface area contributed by atoms with Gasteiger partial charge in [0.2, 0.25) is 0 Å². The van der Waals surface area contributed by atoms with E-state index in [1.807, 2.05) is 6.92 Å². The summed E-state index contributed by atoms with van der Waals surface area (Å²) >= 11 is 3.33. The summed E-state index contributed by atoms with van der Waals surface area (Å²) in [5, 5.41) is 9.57. The normalized spacial score (nSPS) is 9.62. The molecule has 0 saturated carbocycles. The SMILES string of the molecule is CCOC(=O)c1cc(C#N)c(C)c(CBr)c1. The molecular weight excluding hydrogens is 270 g/mol. The number of esters is 1. The Morgan fingerprint density at radius 3 is 2.75 bits per heavy atom. The van der Waals surface area contributed by atoms with Crippen molar-refractivity contribution < 1.29 is 9.53 Å². The first-order chi connectivity index (χ1) is 7.63. The second-order valence-electron chi connectivity index (χ2n) is 3.27. The summed E-state index contributed by atoms with van der Waals surface area (Å²) in [6, 6.07) is 5.40. The molecule has 0 unspecified atom stereocenters. The minimum atomic E-state index is -0.388. The fourth-order valence-corrected chi connectivity index (χ4v) is 1.94. The zero-order chi connectivity index (χ0) is 12.1. The van der Waals surface area contributed by atoms with Gasteiger partial charge in [0.1, 0.15) is 0 Å². The Morgan fingerprint density at radius 1 is 1.56 bits per heavy atom. The standard InChI is InChI=1S/C12H12BrNO2/c1-3-16-12(15)9-4-10(6-13)8(2)11(5-9)7-14/h4-5H,3,6H2,1-2H3. The topological polar surface area (TPSA) is 50.1 Å². The third-order valence-electron chi connectivity index (χ3n) is 2.29. The molecule has 0 heterocycles. The van der Waals surface area contributed by atoms with E-state index in [0.29, 0.717) is 23.1 Å². The fraction of sp³-hybridized carbons (Fsp3) is 0.333. The van der Waals surface area contributed by atoms with Crippen LogP contribution in [0.3, 0.4) is 0 Å². The summed E-state index contributed by atoms with van der Waals surface area (Å²) in [5.74, 6) is -0.388. The van der Waals surface area contributed by atoms with Crippen molar-refractivity contribution in [3.8, 4) is 6.07 Å². The monoisotopic (exact) mass is 281 g/mol. The van der Waals surface area contributed by atoms with Crippen LogP contribution in [0.1, 0.15) is 34.0 Å². The van der Waals surface area contributed by atoms with Crippen molar-refractivity contribution in [3.05, 3.63) is 34.4 Å². The lowest BCUT2D eigenvalue weighted by molar-refractivity contribution is 0.0526. The third-order valence-corrected chi connectivity index (χ3v) is 2.89. The predicted molar refractivity (Wildman–Crippen MR) is 64.5 cm³/mol. The Hall–Kier alpha value is -1.34. The van der Waals surface area contributed by atoms with Gasteiger partial charge in [-0.05, 0) is 37.1 Å². The largest absolute Gasteiger partial charge is 0.462 e. The van der Waals surface area contributed by atoms with Crippen molar-refractivity contribution >= 4 is 21.9 Å². The second-order valence-corrected chi connectivity index (χ2v) is 3.83. The van der Waals surface area contributed by atoms with Crippen LogP contribution in [-0.2, 0) is 10.1 Å². The molecule has 0 fully saturated rings. The van der Waals surface area contributed by atoms with E-state index in [2.05, 4.69) is 22.0 Å². The Labute approximate surface area is 103 Å².